The van der Waals surface area contributed by atoms with Gasteiger partial charge in [-0.15, -0.1) is 11.3 Å². The molecule has 0 bridgehead atoms. The number of pyridine rings is 1. The lowest BCUT2D eigenvalue weighted by Crippen LogP contribution is -2.23. The van der Waals surface area contributed by atoms with Crippen LogP contribution in [-0.4, -0.2) is 20.4 Å². The van der Waals surface area contributed by atoms with Crippen molar-refractivity contribution >= 4 is 17.2 Å². The van der Waals surface area contributed by atoms with E-state index < -0.39 is 0 Å². The van der Waals surface area contributed by atoms with Crippen LogP contribution < -0.4 is 5.32 Å². The van der Waals surface area contributed by atoms with E-state index in [-0.39, 0.29) is 5.91 Å². The van der Waals surface area contributed by atoms with E-state index in [9.17, 15) is 4.79 Å². The van der Waals surface area contributed by atoms with Gasteiger partial charge >= 0.3 is 0 Å². The topological polar surface area (TPSA) is 59.8 Å². The van der Waals surface area contributed by atoms with Crippen molar-refractivity contribution in [2.75, 3.05) is 0 Å². The fraction of sp³-hybridized carbons (Fsp3) is 0.316. The Kier molecular flexibility index (Phi) is 4.99. The van der Waals surface area contributed by atoms with Gasteiger partial charge in [0, 0.05) is 22.5 Å². The molecule has 1 N–H and O–H groups in total. The first-order valence-electron chi connectivity index (χ1n) is 8.23. The summed E-state index contributed by atoms with van der Waals surface area (Å²) in [6.45, 7) is 9.15. The molecule has 0 aliphatic carbocycles. The molecule has 0 radical (unpaired) electrons. The van der Waals surface area contributed by atoms with Crippen molar-refractivity contribution in [3.05, 3.63) is 68.7 Å². The minimum absolute atomic E-state index is 0.0640. The van der Waals surface area contributed by atoms with Gasteiger partial charge in [0.15, 0.2) is 0 Å². The number of hydrogen-bond donors (Lipinski definition) is 1. The zero-order valence-corrected chi connectivity index (χ0v) is 15.8. The molecule has 0 spiro atoms. The molecule has 25 heavy (non-hydrogen) atoms. The molecule has 3 rings (SSSR count). The molecule has 6 heteroatoms. The van der Waals surface area contributed by atoms with Crippen molar-refractivity contribution in [1.29, 1.82) is 0 Å². The number of aromatic nitrogens is 3. The van der Waals surface area contributed by atoms with E-state index in [2.05, 4.69) is 19.9 Å². The molecule has 0 unspecified atom stereocenters. The van der Waals surface area contributed by atoms with Gasteiger partial charge < -0.3 is 9.88 Å². The van der Waals surface area contributed by atoms with Crippen LogP contribution in [0.25, 0.3) is 0 Å². The van der Waals surface area contributed by atoms with E-state index in [4.69, 9.17) is 0 Å². The summed E-state index contributed by atoms with van der Waals surface area (Å²) in [6, 6.07) is 7.81. The average Bonchev–Trinajstić information content (AvgIpc) is 3.07. The standard InChI is InChI=1S/C19H22N4OS/c1-12-9-17(14(3)23(12)11-16-7-5-6-8-20-16)19(24)21-10-18-22-13(2)15(4)25-18/h5-9H,10-11H2,1-4H3,(H,21,24). The largest absolute Gasteiger partial charge is 0.345 e. The van der Waals surface area contributed by atoms with Crippen LogP contribution in [0.4, 0.5) is 0 Å². The van der Waals surface area contributed by atoms with Crippen molar-refractivity contribution < 1.29 is 4.79 Å². The highest BCUT2D eigenvalue weighted by Gasteiger charge is 2.16. The van der Waals surface area contributed by atoms with E-state index in [1.807, 2.05) is 52.0 Å². The Bertz CT molecular complexity index is 876. The van der Waals surface area contributed by atoms with E-state index in [1.54, 1.807) is 17.5 Å². The smallest absolute Gasteiger partial charge is 0.253 e. The highest BCUT2D eigenvalue weighted by Crippen LogP contribution is 2.18. The van der Waals surface area contributed by atoms with Crippen LogP contribution in [-0.2, 0) is 13.1 Å². The summed E-state index contributed by atoms with van der Waals surface area (Å²) in [6.07, 6.45) is 1.79. The van der Waals surface area contributed by atoms with Gasteiger partial charge in [0.2, 0.25) is 0 Å². The van der Waals surface area contributed by atoms with Gasteiger partial charge in [-0.05, 0) is 45.9 Å². The van der Waals surface area contributed by atoms with Crippen molar-refractivity contribution in [2.45, 2.75) is 40.8 Å². The van der Waals surface area contributed by atoms with E-state index in [1.165, 1.54) is 4.88 Å². The summed E-state index contributed by atoms with van der Waals surface area (Å²) in [5, 5.41) is 3.92. The van der Waals surface area contributed by atoms with Crippen LogP contribution >= 0.6 is 11.3 Å². The number of hydrogen-bond acceptors (Lipinski definition) is 4. The van der Waals surface area contributed by atoms with Crippen LogP contribution in [0.2, 0.25) is 0 Å². The Balaban J connectivity index is 1.73. The summed E-state index contributed by atoms with van der Waals surface area (Å²) >= 11 is 1.63. The number of nitrogens with one attached hydrogen (secondary N) is 1. The van der Waals surface area contributed by atoms with Crippen LogP contribution in [0.3, 0.4) is 0 Å². The SMILES string of the molecule is Cc1nc(CNC(=O)c2cc(C)n(Cc3ccccn3)c2C)sc1C. The first kappa shape index (κ1) is 17.4. The predicted octanol–water partition coefficient (Wildman–Crippen LogP) is 3.55. The fourth-order valence-electron chi connectivity index (χ4n) is 2.79. The molecule has 3 aromatic heterocycles. The number of thiazole rings is 1. The van der Waals surface area contributed by atoms with Gasteiger partial charge in [-0.1, -0.05) is 6.07 Å². The van der Waals surface area contributed by atoms with Gasteiger partial charge in [-0.2, -0.15) is 0 Å². The molecule has 0 saturated heterocycles. The normalized spacial score (nSPS) is 10.9. The van der Waals surface area contributed by atoms with Gasteiger partial charge in [0.05, 0.1) is 30.0 Å². The maximum Gasteiger partial charge on any atom is 0.253 e. The highest BCUT2D eigenvalue weighted by atomic mass is 32.1. The first-order chi connectivity index (χ1) is 12.0. The minimum Gasteiger partial charge on any atom is -0.345 e. The second kappa shape index (κ2) is 7.19. The molecule has 0 aliphatic rings. The third kappa shape index (κ3) is 3.79. The molecular weight excluding hydrogens is 332 g/mol. The zero-order valence-electron chi connectivity index (χ0n) is 15.0. The number of amides is 1. The molecule has 0 saturated carbocycles. The maximum absolute atomic E-state index is 12.6. The van der Waals surface area contributed by atoms with Gasteiger partial charge in [-0.3, -0.25) is 9.78 Å². The monoisotopic (exact) mass is 354 g/mol. The summed E-state index contributed by atoms with van der Waals surface area (Å²) in [5.74, 6) is -0.0640. The van der Waals surface area contributed by atoms with Gasteiger partial charge in [0.1, 0.15) is 5.01 Å². The molecule has 5 nitrogen and oxygen atoms in total. The Hall–Kier alpha value is -2.47. The van der Waals surface area contributed by atoms with Crippen molar-refractivity contribution in [1.82, 2.24) is 19.9 Å². The van der Waals surface area contributed by atoms with Crippen LogP contribution in [0.1, 0.15) is 43.0 Å². The Labute approximate surface area is 151 Å². The molecule has 0 aromatic carbocycles. The number of carbonyl (C=O) groups excluding carboxylic acids is 1. The van der Waals surface area contributed by atoms with Crippen LogP contribution in [0.5, 0.6) is 0 Å². The molecule has 0 fully saturated rings. The molecule has 3 heterocycles. The number of nitrogens with zero attached hydrogens (tertiary/aromatic N) is 3. The number of carbonyl (C=O) groups is 1. The van der Waals surface area contributed by atoms with Gasteiger partial charge in [0.25, 0.3) is 5.91 Å². The van der Waals surface area contributed by atoms with Crippen molar-refractivity contribution in [3.63, 3.8) is 0 Å². The molecule has 1 amide bonds. The summed E-state index contributed by atoms with van der Waals surface area (Å²) < 4.78 is 2.12. The quantitative estimate of drug-likeness (QED) is 0.762. The lowest BCUT2D eigenvalue weighted by Gasteiger charge is -2.09. The van der Waals surface area contributed by atoms with E-state index in [0.29, 0.717) is 18.7 Å². The Morgan fingerprint density at radius 1 is 1.24 bits per heavy atom. The van der Waals surface area contributed by atoms with E-state index in [0.717, 1.165) is 27.8 Å². The average molecular weight is 354 g/mol. The lowest BCUT2D eigenvalue weighted by atomic mass is 10.2. The number of rotatable bonds is 5. The molecule has 0 atom stereocenters. The fourth-order valence-corrected chi connectivity index (χ4v) is 3.67. The zero-order chi connectivity index (χ0) is 18.0. The molecular formula is C19H22N4OS. The molecule has 0 aliphatic heterocycles. The van der Waals surface area contributed by atoms with Gasteiger partial charge in [-0.25, -0.2) is 4.98 Å². The second-order valence-electron chi connectivity index (χ2n) is 6.12. The van der Waals surface area contributed by atoms with Crippen LogP contribution in [0.15, 0.2) is 30.5 Å². The predicted molar refractivity (Wildman–Crippen MR) is 100 cm³/mol. The first-order valence-corrected chi connectivity index (χ1v) is 9.05. The minimum atomic E-state index is -0.0640. The number of aryl methyl sites for hydroxylation is 3. The highest BCUT2D eigenvalue weighted by molar-refractivity contribution is 7.11. The van der Waals surface area contributed by atoms with Crippen LogP contribution in [0, 0.1) is 27.7 Å². The van der Waals surface area contributed by atoms with Crippen molar-refractivity contribution in [3.8, 4) is 0 Å². The summed E-state index contributed by atoms with van der Waals surface area (Å²) in [5.41, 5.74) is 4.72. The summed E-state index contributed by atoms with van der Waals surface area (Å²) in [7, 11) is 0. The molecule has 3 aromatic rings. The van der Waals surface area contributed by atoms with Crippen molar-refractivity contribution in [2.24, 2.45) is 0 Å². The summed E-state index contributed by atoms with van der Waals surface area (Å²) in [4.78, 5) is 22.6. The van der Waals surface area contributed by atoms with E-state index >= 15 is 0 Å². The lowest BCUT2D eigenvalue weighted by molar-refractivity contribution is 0.0950. The maximum atomic E-state index is 12.6. The Morgan fingerprint density at radius 3 is 2.68 bits per heavy atom. The Morgan fingerprint density at radius 2 is 2.04 bits per heavy atom. The second-order valence-corrected chi connectivity index (χ2v) is 7.41. The molecule has 130 valence electrons. The third-order valence-corrected chi connectivity index (χ3v) is 5.41. The third-order valence-electron chi connectivity index (χ3n) is 4.34.